The van der Waals surface area contributed by atoms with Gasteiger partial charge in [0.15, 0.2) is 5.13 Å². The predicted octanol–water partition coefficient (Wildman–Crippen LogP) is 4.10. The lowest BCUT2D eigenvalue weighted by atomic mass is 10.2. The van der Waals surface area contributed by atoms with Gasteiger partial charge in [0.2, 0.25) is 15.9 Å². The van der Waals surface area contributed by atoms with Gasteiger partial charge in [-0.2, -0.15) is 4.31 Å². The highest BCUT2D eigenvalue weighted by Crippen LogP contribution is 2.35. The first-order valence-electron chi connectivity index (χ1n) is 11.7. The van der Waals surface area contributed by atoms with Gasteiger partial charge < -0.3 is 9.47 Å². The van der Waals surface area contributed by atoms with Gasteiger partial charge in [0.25, 0.3) is 0 Å². The SMILES string of the molecule is COc1ccc(S(=O)(=O)N2CCCC2C(=O)N(Cc2ccccn2)c2nc3ccc(OC)cc3s2)cc1. The van der Waals surface area contributed by atoms with Crippen LogP contribution in [0.4, 0.5) is 5.13 Å². The molecule has 0 N–H and O–H groups in total. The molecule has 37 heavy (non-hydrogen) atoms. The summed E-state index contributed by atoms with van der Waals surface area (Å²) in [4.78, 5) is 24.8. The smallest absolute Gasteiger partial charge is 0.247 e. The summed E-state index contributed by atoms with van der Waals surface area (Å²) in [6, 6.07) is 16.4. The van der Waals surface area contributed by atoms with Crippen LogP contribution in [0.1, 0.15) is 18.5 Å². The van der Waals surface area contributed by atoms with Crippen LogP contribution in [0.3, 0.4) is 0 Å². The van der Waals surface area contributed by atoms with E-state index in [2.05, 4.69) is 4.98 Å². The maximum atomic E-state index is 14.1. The number of aromatic nitrogens is 2. The fourth-order valence-corrected chi connectivity index (χ4v) is 7.02. The van der Waals surface area contributed by atoms with E-state index < -0.39 is 16.1 Å². The molecule has 0 bridgehead atoms. The minimum absolute atomic E-state index is 0.122. The van der Waals surface area contributed by atoms with Crippen LogP contribution in [-0.4, -0.2) is 55.4 Å². The van der Waals surface area contributed by atoms with Crippen LogP contribution in [0.25, 0.3) is 10.2 Å². The van der Waals surface area contributed by atoms with Gasteiger partial charge in [0.1, 0.15) is 17.5 Å². The predicted molar refractivity (Wildman–Crippen MR) is 142 cm³/mol. The monoisotopic (exact) mass is 538 g/mol. The van der Waals surface area contributed by atoms with E-state index in [0.717, 1.165) is 10.2 Å². The average Bonchev–Trinajstić information content (AvgIpc) is 3.59. The number of carbonyl (C=O) groups excluding carboxylic acids is 1. The third kappa shape index (κ3) is 5.02. The Kier molecular flexibility index (Phi) is 7.09. The Morgan fingerprint density at radius 2 is 1.84 bits per heavy atom. The Morgan fingerprint density at radius 1 is 1.08 bits per heavy atom. The molecule has 1 unspecified atom stereocenters. The first-order valence-corrected chi connectivity index (χ1v) is 14.0. The highest BCUT2D eigenvalue weighted by Gasteiger charge is 2.42. The van der Waals surface area contributed by atoms with Crippen LogP contribution in [0.5, 0.6) is 11.5 Å². The number of amides is 1. The Bertz CT molecular complexity index is 1510. The number of pyridine rings is 1. The van der Waals surface area contributed by atoms with E-state index in [9.17, 15) is 13.2 Å². The summed E-state index contributed by atoms with van der Waals surface area (Å²) in [5.74, 6) is 0.922. The normalized spacial score (nSPS) is 16.1. The molecule has 1 amide bonds. The zero-order valence-electron chi connectivity index (χ0n) is 20.4. The number of methoxy groups -OCH3 is 2. The van der Waals surface area contributed by atoms with Gasteiger partial charge >= 0.3 is 0 Å². The highest BCUT2D eigenvalue weighted by atomic mass is 32.2. The molecule has 1 aliphatic rings. The third-order valence-electron chi connectivity index (χ3n) is 6.28. The summed E-state index contributed by atoms with van der Waals surface area (Å²) in [5, 5.41) is 0.479. The summed E-state index contributed by atoms with van der Waals surface area (Å²) < 4.78 is 39.8. The number of hydrogen-bond donors (Lipinski definition) is 0. The van der Waals surface area contributed by atoms with Crippen LogP contribution in [0.2, 0.25) is 0 Å². The summed E-state index contributed by atoms with van der Waals surface area (Å²) in [6.45, 7) is 0.433. The standard InChI is InChI=1S/C26H26N4O5S2/c1-34-19-8-11-21(12-9-19)37(32,33)30-15-5-7-23(30)25(31)29(17-18-6-3-4-14-27-18)26-28-22-13-10-20(35-2)16-24(22)36-26/h3-4,6,8-14,16,23H,5,7,15,17H2,1-2H3. The van der Waals surface area contributed by atoms with E-state index in [4.69, 9.17) is 14.5 Å². The molecule has 1 fully saturated rings. The molecule has 2 aromatic carbocycles. The van der Waals surface area contributed by atoms with Gasteiger partial charge in [0, 0.05) is 12.7 Å². The van der Waals surface area contributed by atoms with Crippen molar-refractivity contribution < 1.29 is 22.7 Å². The van der Waals surface area contributed by atoms with E-state index in [-0.39, 0.29) is 23.9 Å². The minimum Gasteiger partial charge on any atom is -0.497 e. The lowest BCUT2D eigenvalue weighted by molar-refractivity contribution is -0.121. The van der Waals surface area contributed by atoms with Crippen LogP contribution >= 0.6 is 11.3 Å². The van der Waals surface area contributed by atoms with Crippen molar-refractivity contribution in [3.8, 4) is 11.5 Å². The molecule has 1 aliphatic heterocycles. The molecule has 3 heterocycles. The largest absolute Gasteiger partial charge is 0.497 e. The lowest BCUT2D eigenvalue weighted by Crippen LogP contribution is -2.47. The number of rotatable bonds is 8. The van der Waals surface area contributed by atoms with E-state index >= 15 is 0 Å². The first kappa shape index (κ1) is 25.1. The molecule has 0 aliphatic carbocycles. The molecule has 4 aromatic rings. The van der Waals surface area contributed by atoms with Crippen molar-refractivity contribution in [3.05, 3.63) is 72.6 Å². The summed E-state index contributed by atoms with van der Waals surface area (Å²) in [6.07, 6.45) is 2.67. The first-order chi connectivity index (χ1) is 17.9. The van der Waals surface area contributed by atoms with Crippen molar-refractivity contribution in [2.45, 2.75) is 30.3 Å². The maximum Gasteiger partial charge on any atom is 0.247 e. The maximum absolute atomic E-state index is 14.1. The van der Waals surface area contributed by atoms with E-state index in [1.54, 1.807) is 36.4 Å². The lowest BCUT2D eigenvalue weighted by Gasteiger charge is -2.28. The number of ether oxygens (including phenoxy) is 2. The molecular weight excluding hydrogens is 512 g/mol. The molecule has 11 heteroatoms. The van der Waals surface area contributed by atoms with Crippen molar-refractivity contribution in [1.82, 2.24) is 14.3 Å². The molecule has 192 valence electrons. The summed E-state index contributed by atoms with van der Waals surface area (Å²) in [5.41, 5.74) is 1.41. The Labute approximate surface area is 219 Å². The topological polar surface area (TPSA) is 102 Å². The molecule has 5 rings (SSSR count). The summed E-state index contributed by atoms with van der Waals surface area (Å²) >= 11 is 1.35. The number of nitrogens with zero attached hydrogens (tertiary/aromatic N) is 4. The Hall–Kier alpha value is -3.54. The van der Waals surface area contributed by atoms with Crippen molar-refractivity contribution in [2.75, 3.05) is 25.7 Å². The number of hydrogen-bond acceptors (Lipinski definition) is 8. The van der Waals surface area contributed by atoms with E-state index in [0.29, 0.717) is 35.2 Å². The number of anilines is 1. The molecule has 1 atom stereocenters. The van der Waals surface area contributed by atoms with Crippen molar-refractivity contribution in [1.29, 1.82) is 0 Å². The summed E-state index contributed by atoms with van der Waals surface area (Å²) in [7, 11) is -0.783. The van der Waals surface area contributed by atoms with Crippen LogP contribution in [0.15, 0.2) is 71.8 Å². The molecule has 9 nitrogen and oxygen atoms in total. The zero-order valence-corrected chi connectivity index (χ0v) is 22.0. The van der Waals surface area contributed by atoms with Crippen molar-refractivity contribution >= 4 is 42.6 Å². The van der Waals surface area contributed by atoms with Crippen LogP contribution in [-0.2, 0) is 21.4 Å². The van der Waals surface area contributed by atoms with Gasteiger partial charge in [-0.3, -0.25) is 14.7 Å². The van der Waals surface area contributed by atoms with Crippen LogP contribution < -0.4 is 14.4 Å². The number of sulfonamides is 1. The Morgan fingerprint density at radius 3 is 2.54 bits per heavy atom. The third-order valence-corrected chi connectivity index (χ3v) is 9.25. The Balaban J connectivity index is 1.50. The van der Waals surface area contributed by atoms with Crippen molar-refractivity contribution in [3.63, 3.8) is 0 Å². The number of benzene rings is 2. The van der Waals surface area contributed by atoms with E-state index in [1.165, 1.54) is 34.9 Å². The second kappa shape index (κ2) is 10.4. The molecule has 1 saturated heterocycles. The fraction of sp³-hybridized carbons (Fsp3) is 0.269. The average molecular weight is 539 g/mol. The van der Waals surface area contributed by atoms with Gasteiger partial charge in [-0.25, -0.2) is 13.4 Å². The minimum atomic E-state index is -3.90. The zero-order chi connectivity index (χ0) is 26.0. The molecule has 2 aromatic heterocycles. The molecule has 0 radical (unpaired) electrons. The number of carbonyl (C=O) groups is 1. The van der Waals surface area contributed by atoms with Gasteiger partial charge in [-0.15, -0.1) is 0 Å². The molecule has 0 spiro atoms. The quantitative estimate of drug-likeness (QED) is 0.333. The van der Waals surface area contributed by atoms with E-state index in [1.807, 2.05) is 30.3 Å². The van der Waals surface area contributed by atoms with Gasteiger partial charge in [0.05, 0.1) is 41.6 Å². The van der Waals surface area contributed by atoms with Crippen LogP contribution in [0, 0.1) is 0 Å². The number of fused-ring (bicyclic) bond motifs is 1. The number of thiazole rings is 1. The fourth-order valence-electron chi connectivity index (χ4n) is 4.37. The van der Waals surface area contributed by atoms with Crippen molar-refractivity contribution in [2.24, 2.45) is 0 Å². The molecular formula is C26H26N4O5S2. The highest BCUT2D eigenvalue weighted by molar-refractivity contribution is 7.89. The molecule has 0 saturated carbocycles. The van der Waals surface area contributed by atoms with Gasteiger partial charge in [-0.1, -0.05) is 17.4 Å². The second-order valence-electron chi connectivity index (χ2n) is 8.52. The second-order valence-corrected chi connectivity index (χ2v) is 11.4. The van der Waals surface area contributed by atoms with Gasteiger partial charge in [-0.05, 0) is 67.4 Å².